The first-order chi connectivity index (χ1) is 9.65. The zero-order chi connectivity index (χ0) is 14.1. The molecule has 1 fully saturated rings. The first-order valence-electron chi connectivity index (χ1n) is 6.10. The Kier molecular flexibility index (Phi) is 3.27. The normalized spacial score (nSPS) is 18.9. The van der Waals surface area contributed by atoms with Gasteiger partial charge in [-0.05, 0) is 19.1 Å². The van der Waals surface area contributed by atoms with E-state index in [9.17, 15) is 9.59 Å². The van der Waals surface area contributed by atoms with Crippen molar-refractivity contribution in [1.29, 1.82) is 0 Å². The summed E-state index contributed by atoms with van der Waals surface area (Å²) in [6.07, 6.45) is 1.55. The molecule has 6 nitrogen and oxygen atoms in total. The maximum Gasteiger partial charge on any atom is 0.247 e. The molecule has 0 unspecified atom stereocenters. The Morgan fingerprint density at radius 1 is 1.30 bits per heavy atom. The monoisotopic (exact) mass is 288 g/mol. The number of aromatic nitrogens is 3. The molecule has 0 saturated carbocycles. The van der Waals surface area contributed by atoms with Crippen molar-refractivity contribution >= 4 is 29.3 Å². The Labute approximate surface area is 119 Å². The van der Waals surface area contributed by atoms with Gasteiger partial charge in [0.25, 0.3) is 0 Å². The average molecular weight is 288 g/mol. The number of hydrogen-bond donors (Lipinski definition) is 1. The quantitative estimate of drug-likeness (QED) is 0.867. The molecular formula is C13H12N4O2S. The van der Waals surface area contributed by atoms with Gasteiger partial charge in [0.1, 0.15) is 11.6 Å². The number of H-pyrrole nitrogens is 1. The second kappa shape index (κ2) is 5.09. The molecule has 102 valence electrons. The van der Waals surface area contributed by atoms with Crippen LogP contribution in [0.1, 0.15) is 12.0 Å². The van der Waals surface area contributed by atoms with Gasteiger partial charge in [0.15, 0.2) is 5.16 Å². The highest BCUT2D eigenvalue weighted by Gasteiger charge is 2.40. The van der Waals surface area contributed by atoms with Gasteiger partial charge in [0, 0.05) is 6.42 Å². The molecule has 0 bridgehead atoms. The molecule has 0 aliphatic carbocycles. The van der Waals surface area contributed by atoms with E-state index >= 15 is 0 Å². The topological polar surface area (TPSA) is 79.0 Å². The number of carbonyl (C=O) groups excluding carboxylic acids is 2. The number of rotatable bonds is 3. The van der Waals surface area contributed by atoms with E-state index in [1.54, 1.807) is 12.1 Å². The molecule has 1 N–H and O–H groups in total. The number of nitrogens with one attached hydrogen (secondary N) is 1. The Morgan fingerprint density at radius 3 is 2.70 bits per heavy atom. The fourth-order valence-electron chi connectivity index (χ4n) is 2.05. The number of aryl methyl sites for hydroxylation is 1. The van der Waals surface area contributed by atoms with Crippen LogP contribution in [0.15, 0.2) is 35.7 Å². The number of anilines is 1. The lowest BCUT2D eigenvalue weighted by atomic mass is 10.2. The van der Waals surface area contributed by atoms with Gasteiger partial charge in [-0.15, -0.1) is 0 Å². The molecule has 2 heterocycles. The molecule has 1 aliphatic rings. The lowest BCUT2D eigenvalue weighted by molar-refractivity contribution is -0.121. The summed E-state index contributed by atoms with van der Waals surface area (Å²) in [4.78, 5) is 29.6. The second-order valence-electron chi connectivity index (χ2n) is 4.50. The third-order valence-electron chi connectivity index (χ3n) is 3.04. The van der Waals surface area contributed by atoms with Crippen LogP contribution < -0.4 is 4.90 Å². The molecule has 1 atom stereocenters. The van der Waals surface area contributed by atoms with Crippen LogP contribution in [0.2, 0.25) is 0 Å². The molecule has 2 aromatic rings. The number of amides is 2. The Morgan fingerprint density at radius 2 is 2.05 bits per heavy atom. The Balaban J connectivity index is 1.81. The van der Waals surface area contributed by atoms with Gasteiger partial charge in [0.2, 0.25) is 11.8 Å². The molecule has 20 heavy (non-hydrogen) atoms. The predicted octanol–water partition coefficient (Wildman–Crippen LogP) is 1.54. The van der Waals surface area contributed by atoms with Gasteiger partial charge in [-0.1, -0.05) is 29.5 Å². The minimum absolute atomic E-state index is 0.179. The van der Waals surface area contributed by atoms with Gasteiger partial charge >= 0.3 is 0 Å². The fraction of sp³-hybridized carbons (Fsp3) is 0.231. The summed E-state index contributed by atoms with van der Waals surface area (Å²) in [6, 6.07) is 7.33. The highest BCUT2D eigenvalue weighted by atomic mass is 32.2. The van der Waals surface area contributed by atoms with Crippen LogP contribution in [0.5, 0.6) is 0 Å². The third kappa shape index (κ3) is 2.32. The van der Waals surface area contributed by atoms with Crippen LogP contribution in [0.3, 0.4) is 0 Å². The van der Waals surface area contributed by atoms with Crippen LogP contribution in [-0.2, 0) is 9.59 Å². The van der Waals surface area contributed by atoms with Crippen molar-refractivity contribution in [3.8, 4) is 0 Å². The van der Waals surface area contributed by atoms with E-state index in [-0.39, 0.29) is 18.2 Å². The predicted molar refractivity (Wildman–Crippen MR) is 74.3 cm³/mol. The zero-order valence-corrected chi connectivity index (χ0v) is 11.6. The lowest BCUT2D eigenvalue weighted by Crippen LogP contribution is -2.31. The number of thioether (sulfide) groups is 1. The maximum absolute atomic E-state index is 12.3. The van der Waals surface area contributed by atoms with Crippen molar-refractivity contribution in [3.05, 3.63) is 36.2 Å². The van der Waals surface area contributed by atoms with E-state index in [0.29, 0.717) is 10.8 Å². The average Bonchev–Trinajstić information content (AvgIpc) is 3.02. The molecular weight excluding hydrogens is 276 g/mol. The highest BCUT2D eigenvalue weighted by molar-refractivity contribution is 8.00. The SMILES string of the molecule is Cc1ccc(N2C(=O)C[C@H](Sc3ncn[nH]3)C2=O)cc1. The second-order valence-corrected chi connectivity index (χ2v) is 5.70. The summed E-state index contributed by atoms with van der Waals surface area (Å²) < 4.78 is 0. The summed E-state index contributed by atoms with van der Waals surface area (Å²) in [6.45, 7) is 1.96. The summed E-state index contributed by atoms with van der Waals surface area (Å²) in [5.41, 5.74) is 1.70. The standard InChI is InChI=1S/C13H12N4O2S/c1-8-2-4-9(5-3-8)17-11(18)6-10(12(17)19)20-13-14-7-15-16-13/h2-5,7,10H,6H2,1H3,(H,14,15,16)/t10-/m0/s1. The van der Waals surface area contributed by atoms with E-state index < -0.39 is 5.25 Å². The number of carbonyl (C=O) groups is 2. The minimum Gasteiger partial charge on any atom is -0.274 e. The largest absolute Gasteiger partial charge is 0.274 e. The van der Waals surface area contributed by atoms with Gasteiger partial charge in [-0.3, -0.25) is 14.7 Å². The van der Waals surface area contributed by atoms with E-state index in [1.807, 2.05) is 19.1 Å². The molecule has 1 aliphatic heterocycles. The molecule has 3 rings (SSSR count). The van der Waals surface area contributed by atoms with Gasteiger partial charge in [-0.25, -0.2) is 9.88 Å². The van der Waals surface area contributed by atoms with E-state index in [1.165, 1.54) is 23.0 Å². The number of aromatic amines is 1. The van der Waals surface area contributed by atoms with Crippen molar-refractivity contribution in [2.75, 3.05) is 4.90 Å². The minimum atomic E-state index is -0.447. The summed E-state index contributed by atoms with van der Waals surface area (Å²) in [5, 5.41) is 6.51. The van der Waals surface area contributed by atoms with Crippen molar-refractivity contribution < 1.29 is 9.59 Å². The van der Waals surface area contributed by atoms with E-state index in [2.05, 4.69) is 15.2 Å². The third-order valence-corrected chi connectivity index (χ3v) is 4.12. The zero-order valence-electron chi connectivity index (χ0n) is 10.7. The van der Waals surface area contributed by atoms with E-state index in [0.717, 1.165) is 5.56 Å². The number of imide groups is 1. The first-order valence-corrected chi connectivity index (χ1v) is 6.98. The smallest absolute Gasteiger partial charge is 0.247 e. The molecule has 1 aromatic carbocycles. The summed E-state index contributed by atoms with van der Waals surface area (Å²) >= 11 is 1.23. The van der Waals surface area contributed by atoms with Gasteiger partial charge in [0.05, 0.1) is 5.69 Å². The van der Waals surface area contributed by atoms with Crippen molar-refractivity contribution in [3.63, 3.8) is 0 Å². The Hall–Kier alpha value is -2.15. The van der Waals surface area contributed by atoms with Crippen LogP contribution in [-0.4, -0.2) is 32.2 Å². The van der Waals surface area contributed by atoms with Gasteiger partial charge in [-0.2, -0.15) is 5.10 Å². The first kappa shape index (κ1) is 12.9. The van der Waals surface area contributed by atoms with Crippen LogP contribution in [0.4, 0.5) is 5.69 Å². The van der Waals surface area contributed by atoms with Crippen LogP contribution in [0.25, 0.3) is 0 Å². The highest BCUT2D eigenvalue weighted by Crippen LogP contribution is 2.32. The molecule has 0 radical (unpaired) electrons. The number of benzene rings is 1. The molecule has 0 spiro atoms. The molecule has 1 saturated heterocycles. The molecule has 1 aromatic heterocycles. The number of nitrogens with zero attached hydrogens (tertiary/aromatic N) is 3. The summed E-state index contributed by atoms with van der Waals surface area (Å²) in [5.74, 6) is -0.392. The van der Waals surface area contributed by atoms with Crippen molar-refractivity contribution in [2.24, 2.45) is 0 Å². The number of hydrogen-bond acceptors (Lipinski definition) is 5. The fourth-order valence-corrected chi connectivity index (χ4v) is 2.96. The lowest BCUT2D eigenvalue weighted by Gasteiger charge is -2.14. The summed E-state index contributed by atoms with van der Waals surface area (Å²) in [7, 11) is 0. The Bertz CT molecular complexity index is 639. The molecule has 2 amide bonds. The molecule has 7 heteroatoms. The van der Waals surface area contributed by atoms with Crippen LogP contribution >= 0.6 is 11.8 Å². The van der Waals surface area contributed by atoms with Crippen molar-refractivity contribution in [1.82, 2.24) is 15.2 Å². The van der Waals surface area contributed by atoms with Gasteiger partial charge < -0.3 is 0 Å². The van der Waals surface area contributed by atoms with Crippen molar-refractivity contribution in [2.45, 2.75) is 23.8 Å². The van der Waals surface area contributed by atoms with Crippen LogP contribution in [0, 0.1) is 6.92 Å². The maximum atomic E-state index is 12.3. The van der Waals surface area contributed by atoms with E-state index in [4.69, 9.17) is 0 Å².